The van der Waals surface area contributed by atoms with Crippen molar-refractivity contribution in [3.63, 3.8) is 0 Å². The Morgan fingerprint density at radius 1 is 1.65 bits per heavy atom. The van der Waals surface area contributed by atoms with Crippen LogP contribution >= 0.6 is 0 Å². The molecule has 3 amide bonds. The van der Waals surface area contributed by atoms with Gasteiger partial charge in [0.1, 0.15) is 0 Å². The second-order valence-corrected chi connectivity index (χ2v) is 3.75. The van der Waals surface area contributed by atoms with E-state index in [4.69, 9.17) is 4.74 Å². The summed E-state index contributed by atoms with van der Waals surface area (Å²) in [5.74, 6) is -4.56. The van der Waals surface area contributed by atoms with E-state index in [1.165, 1.54) is 0 Å². The zero-order valence-electron chi connectivity index (χ0n) is 9.07. The molecule has 0 radical (unpaired) electrons. The van der Waals surface area contributed by atoms with Crippen LogP contribution in [0.5, 0.6) is 0 Å². The predicted octanol–water partition coefficient (Wildman–Crippen LogP) is -0.486. The van der Waals surface area contributed by atoms with Crippen molar-refractivity contribution in [1.82, 2.24) is 10.2 Å². The van der Waals surface area contributed by atoms with Crippen LogP contribution < -0.4 is 5.32 Å². The molecule has 0 aromatic heterocycles. The zero-order valence-corrected chi connectivity index (χ0v) is 9.07. The maximum Gasteiger partial charge on any atom is 0.340 e. The van der Waals surface area contributed by atoms with E-state index in [2.05, 4.69) is 4.74 Å². The minimum absolute atomic E-state index is 0.0469. The van der Waals surface area contributed by atoms with Gasteiger partial charge in [-0.25, -0.2) is 4.79 Å². The first-order valence-corrected chi connectivity index (χ1v) is 5.07. The lowest BCUT2D eigenvalue weighted by Crippen LogP contribution is -2.72. The highest BCUT2D eigenvalue weighted by Gasteiger charge is 2.59. The van der Waals surface area contributed by atoms with Gasteiger partial charge in [-0.15, -0.1) is 0 Å². The molecule has 2 aliphatic rings. The molecule has 2 heterocycles. The third-order valence-corrected chi connectivity index (χ3v) is 2.52. The van der Waals surface area contributed by atoms with E-state index in [1.54, 1.807) is 0 Å². The average molecular weight is 246 g/mol. The number of rotatable bonds is 1. The van der Waals surface area contributed by atoms with Crippen LogP contribution in [0.1, 0.15) is 13.3 Å². The molecule has 2 fully saturated rings. The van der Waals surface area contributed by atoms with Gasteiger partial charge in [0.2, 0.25) is 0 Å². The van der Waals surface area contributed by atoms with E-state index < -0.39 is 30.0 Å². The number of nitrogens with zero attached hydrogens (tertiary/aromatic N) is 1. The number of halogens is 1. The summed E-state index contributed by atoms with van der Waals surface area (Å²) in [6.45, 7) is 1.18. The molecule has 7 nitrogen and oxygen atoms in total. The fraction of sp³-hybridized carbons (Fsp3) is 0.667. The second kappa shape index (κ2) is 3.95. The molecule has 2 saturated heterocycles. The molecule has 2 rings (SSSR count). The topological polar surface area (TPSA) is 84.9 Å². The molecule has 8 heteroatoms. The zero-order chi connectivity index (χ0) is 12.6. The summed E-state index contributed by atoms with van der Waals surface area (Å²) in [6, 6.07) is -0.888. The van der Waals surface area contributed by atoms with Gasteiger partial charge in [-0.1, -0.05) is 0 Å². The van der Waals surface area contributed by atoms with Crippen molar-refractivity contribution in [2.24, 2.45) is 0 Å². The van der Waals surface area contributed by atoms with Crippen molar-refractivity contribution in [3.8, 4) is 0 Å². The number of amides is 3. The number of carbonyl (C=O) groups is 3. The predicted molar refractivity (Wildman–Crippen MR) is 50.2 cm³/mol. The van der Waals surface area contributed by atoms with E-state index in [9.17, 15) is 18.8 Å². The minimum Gasteiger partial charge on any atom is -0.444 e. The van der Waals surface area contributed by atoms with Gasteiger partial charge < -0.3 is 9.47 Å². The molecule has 0 bridgehead atoms. The Balaban J connectivity index is 2.32. The number of fused-ring (bicyclic) bond motifs is 1. The van der Waals surface area contributed by atoms with E-state index in [0.717, 1.165) is 6.92 Å². The van der Waals surface area contributed by atoms with Gasteiger partial charge in [-0.05, 0) is 6.42 Å². The average Bonchev–Trinajstić information content (AvgIpc) is 2.24. The van der Waals surface area contributed by atoms with Crippen molar-refractivity contribution in [2.75, 3.05) is 13.2 Å². The molecular formula is C9H11FN2O5. The molecule has 0 saturated carbocycles. The van der Waals surface area contributed by atoms with Gasteiger partial charge in [-0.2, -0.15) is 4.39 Å². The Morgan fingerprint density at radius 3 is 3.00 bits per heavy atom. The van der Waals surface area contributed by atoms with Gasteiger partial charge in [0.15, 0.2) is 0 Å². The molecule has 2 atom stereocenters. The summed E-state index contributed by atoms with van der Waals surface area (Å²) >= 11 is 0. The Kier molecular flexibility index (Phi) is 2.74. The molecule has 0 aromatic rings. The van der Waals surface area contributed by atoms with Crippen molar-refractivity contribution in [3.05, 3.63) is 0 Å². The van der Waals surface area contributed by atoms with Gasteiger partial charge in [-0.3, -0.25) is 19.8 Å². The molecule has 0 aromatic carbocycles. The lowest BCUT2D eigenvalue weighted by molar-refractivity contribution is -0.294. The minimum atomic E-state index is -2.71. The maximum absolute atomic E-state index is 14.5. The van der Waals surface area contributed by atoms with Crippen molar-refractivity contribution >= 4 is 17.9 Å². The standard InChI is InChI=1S/C9H11FN2O5/c1-5(13)17-6-7(14)11-8(15)12-3-2-4-16-9(6,12)10/h6H,2-4H2,1H3,(H,11,14,15)/t6-,9?/m1/s1. The summed E-state index contributed by atoms with van der Waals surface area (Å²) in [5, 5.41) is 1.91. The van der Waals surface area contributed by atoms with Crippen LogP contribution in [0.15, 0.2) is 0 Å². The molecule has 17 heavy (non-hydrogen) atoms. The third-order valence-electron chi connectivity index (χ3n) is 2.52. The molecule has 2 aliphatic heterocycles. The number of hydrogen-bond donors (Lipinski definition) is 1. The Hall–Kier alpha value is -1.70. The molecule has 1 unspecified atom stereocenters. The normalized spacial score (nSPS) is 32.8. The number of esters is 1. The van der Waals surface area contributed by atoms with E-state index in [1.807, 2.05) is 5.32 Å². The van der Waals surface area contributed by atoms with Crippen LogP contribution in [0.2, 0.25) is 0 Å². The first-order chi connectivity index (χ1) is 7.95. The lowest BCUT2D eigenvalue weighted by Gasteiger charge is -2.45. The van der Waals surface area contributed by atoms with Crippen LogP contribution in [0.25, 0.3) is 0 Å². The van der Waals surface area contributed by atoms with Crippen molar-refractivity contribution in [2.45, 2.75) is 25.4 Å². The first-order valence-electron chi connectivity index (χ1n) is 5.07. The number of imide groups is 1. The van der Waals surface area contributed by atoms with Gasteiger partial charge in [0, 0.05) is 13.5 Å². The van der Waals surface area contributed by atoms with Gasteiger partial charge in [0.05, 0.1) is 6.61 Å². The van der Waals surface area contributed by atoms with Crippen molar-refractivity contribution < 1.29 is 28.2 Å². The third kappa shape index (κ3) is 1.84. The monoisotopic (exact) mass is 246 g/mol. The Morgan fingerprint density at radius 2 is 2.35 bits per heavy atom. The fourth-order valence-electron chi connectivity index (χ4n) is 1.82. The van der Waals surface area contributed by atoms with Crippen LogP contribution in [0.3, 0.4) is 0 Å². The van der Waals surface area contributed by atoms with Crippen LogP contribution in [0.4, 0.5) is 9.18 Å². The number of urea groups is 1. The van der Waals surface area contributed by atoms with E-state index in [-0.39, 0.29) is 13.2 Å². The van der Waals surface area contributed by atoms with E-state index in [0.29, 0.717) is 11.3 Å². The first kappa shape index (κ1) is 11.8. The number of carbonyl (C=O) groups excluding carboxylic acids is 3. The second-order valence-electron chi connectivity index (χ2n) is 3.75. The molecule has 0 spiro atoms. The van der Waals surface area contributed by atoms with Crippen LogP contribution in [-0.4, -0.2) is 48.0 Å². The highest BCUT2D eigenvalue weighted by Crippen LogP contribution is 2.32. The summed E-state index contributed by atoms with van der Waals surface area (Å²) < 4.78 is 23.9. The molecule has 94 valence electrons. The smallest absolute Gasteiger partial charge is 0.340 e. The highest BCUT2D eigenvalue weighted by molar-refractivity contribution is 6.00. The summed E-state index contributed by atoms with van der Waals surface area (Å²) in [4.78, 5) is 34.4. The van der Waals surface area contributed by atoms with E-state index >= 15 is 0 Å². The van der Waals surface area contributed by atoms with Gasteiger partial charge in [0.25, 0.3) is 12.0 Å². The SMILES string of the molecule is CC(=O)O[C@@H]1C(=O)NC(=O)N2CCCOC12F. The maximum atomic E-state index is 14.5. The van der Waals surface area contributed by atoms with Gasteiger partial charge >= 0.3 is 18.0 Å². The summed E-state index contributed by atoms with van der Waals surface area (Å²) in [5.41, 5.74) is 0. The Labute approximate surface area is 95.8 Å². The molecule has 0 aliphatic carbocycles. The van der Waals surface area contributed by atoms with Crippen LogP contribution in [0, 0.1) is 0 Å². The lowest BCUT2D eigenvalue weighted by atomic mass is 10.1. The summed E-state index contributed by atoms with van der Waals surface area (Å²) in [6.07, 6.45) is -1.35. The quantitative estimate of drug-likeness (QED) is 0.498. The number of alkyl halides is 1. The molecule has 1 N–H and O–H groups in total. The summed E-state index contributed by atoms with van der Waals surface area (Å²) in [7, 11) is 0. The molecular weight excluding hydrogens is 235 g/mol. The van der Waals surface area contributed by atoms with Crippen LogP contribution in [-0.2, 0) is 19.1 Å². The Bertz CT molecular complexity index is 388. The number of nitrogens with one attached hydrogen (secondary N) is 1. The highest BCUT2D eigenvalue weighted by atomic mass is 19.2. The fourth-order valence-corrected chi connectivity index (χ4v) is 1.82. The number of ether oxygens (including phenoxy) is 2. The van der Waals surface area contributed by atoms with Crippen molar-refractivity contribution in [1.29, 1.82) is 0 Å². The largest absolute Gasteiger partial charge is 0.444 e. The number of hydrogen-bond acceptors (Lipinski definition) is 5.